The zero-order valence-electron chi connectivity index (χ0n) is 18.2. The molecule has 0 saturated carbocycles. The van der Waals surface area contributed by atoms with Gasteiger partial charge in [0.15, 0.2) is 11.5 Å². The Hall–Kier alpha value is -3.35. The Morgan fingerprint density at radius 2 is 1.85 bits per heavy atom. The molecular formula is C23H23F3N4O3. The van der Waals surface area contributed by atoms with Crippen molar-refractivity contribution in [1.29, 1.82) is 5.26 Å². The molecule has 4 rings (SSSR count). The third-order valence-corrected chi connectivity index (χ3v) is 5.88. The maximum atomic E-state index is 13.2. The third kappa shape index (κ3) is 4.87. The van der Waals surface area contributed by atoms with Gasteiger partial charge in [0.05, 0.1) is 11.7 Å². The van der Waals surface area contributed by atoms with Crippen molar-refractivity contribution in [1.82, 2.24) is 10.2 Å². The van der Waals surface area contributed by atoms with Crippen LogP contribution in [0.15, 0.2) is 30.3 Å². The van der Waals surface area contributed by atoms with E-state index in [1.165, 1.54) is 6.07 Å². The molecule has 2 atom stereocenters. The maximum absolute atomic E-state index is 13.2. The van der Waals surface area contributed by atoms with Crippen LogP contribution in [-0.2, 0) is 10.9 Å². The molecule has 2 saturated heterocycles. The Balaban J connectivity index is 1.54. The first kappa shape index (κ1) is 22.8. The zero-order chi connectivity index (χ0) is 23.8. The number of anilines is 1. The van der Waals surface area contributed by atoms with Crippen molar-refractivity contribution in [3.8, 4) is 11.8 Å². The molecule has 2 aliphatic heterocycles. The SMILES string of the molecule is CC(C)OC(=O)c1cc(C(F)(F)F)ccc1OC1CC2CCC(C1)N2c1ccc(C#N)nn1. The predicted molar refractivity (Wildman–Crippen MR) is 112 cm³/mol. The van der Waals surface area contributed by atoms with Crippen LogP contribution in [-0.4, -0.2) is 40.5 Å². The number of piperidine rings is 1. The topological polar surface area (TPSA) is 88.3 Å². The lowest BCUT2D eigenvalue weighted by Crippen LogP contribution is -2.47. The van der Waals surface area contributed by atoms with Gasteiger partial charge < -0.3 is 14.4 Å². The van der Waals surface area contributed by atoms with Crippen LogP contribution >= 0.6 is 0 Å². The minimum absolute atomic E-state index is 0.0877. The quantitative estimate of drug-likeness (QED) is 0.607. The molecule has 7 nitrogen and oxygen atoms in total. The lowest BCUT2D eigenvalue weighted by Gasteiger charge is -2.39. The van der Waals surface area contributed by atoms with Gasteiger partial charge in [-0.2, -0.15) is 18.4 Å². The number of carbonyl (C=O) groups is 1. The largest absolute Gasteiger partial charge is 0.489 e. The minimum Gasteiger partial charge on any atom is -0.489 e. The molecule has 10 heteroatoms. The van der Waals surface area contributed by atoms with E-state index in [0.717, 1.165) is 25.0 Å². The summed E-state index contributed by atoms with van der Waals surface area (Å²) in [7, 11) is 0. The highest BCUT2D eigenvalue weighted by atomic mass is 19.4. The van der Waals surface area contributed by atoms with Crippen molar-refractivity contribution in [2.45, 2.75) is 70.0 Å². The Morgan fingerprint density at radius 1 is 1.15 bits per heavy atom. The maximum Gasteiger partial charge on any atom is 0.416 e. The first-order chi connectivity index (χ1) is 15.7. The summed E-state index contributed by atoms with van der Waals surface area (Å²) in [6.45, 7) is 3.26. The Bertz CT molecular complexity index is 1050. The number of benzene rings is 1. The fourth-order valence-corrected chi connectivity index (χ4v) is 4.55. The fraction of sp³-hybridized carbons (Fsp3) is 0.478. The van der Waals surface area contributed by atoms with Gasteiger partial charge in [-0.25, -0.2) is 4.79 Å². The van der Waals surface area contributed by atoms with Gasteiger partial charge in [-0.3, -0.25) is 0 Å². The van der Waals surface area contributed by atoms with E-state index in [0.29, 0.717) is 18.7 Å². The Kier molecular flexibility index (Phi) is 6.15. The van der Waals surface area contributed by atoms with Crippen molar-refractivity contribution >= 4 is 11.8 Å². The molecule has 1 aromatic heterocycles. The Labute approximate surface area is 189 Å². The van der Waals surface area contributed by atoms with Crippen LogP contribution in [0.4, 0.5) is 19.0 Å². The highest BCUT2D eigenvalue weighted by molar-refractivity contribution is 5.93. The smallest absolute Gasteiger partial charge is 0.416 e. The summed E-state index contributed by atoms with van der Waals surface area (Å²) >= 11 is 0. The summed E-state index contributed by atoms with van der Waals surface area (Å²) in [5.74, 6) is -0.0697. The fourth-order valence-electron chi connectivity index (χ4n) is 4.55. The van der Waals surface area contributed by atoms with Crippen molar-refractivity contribution in [3.63, 3.8) is 0 Å². The van der Waals surface area contributed by atoms with E-state index in [1.807, 2.05) is 6.07 Å². The van der Waals surface area contributed by atoms with E-state index >= 15 is 0 Å². The second-order valence-corrected chi connectivity index (χ2v) is 8.55. The molecule has 0 radical (unpaired) electrons. The third-order valence-electron chi connectivity index (χ3n) is 5.88. The first-order valence-corrected chi connectivity index (χ1v) is 10.8. The second kappa shape index (κ2) is 8.89. The lowest BCUT2D eigenvalue weighted by atomic mass is 9.99. The summed E-state index contributed by atoms with van der Waals surface area (Å²) in [5.41, 5.74) is -0.918. The standard InChI is InChI=1S/C23H23F3N4O3/c1-13(2)32-22(31)19-9-14(23(24,25)26)3-7-20(19)33-18-10-16-5-6-17(11-18)30(16)21-8-4-15(12-27)28-29-21/h3-4,7-9,13,16-18H,5-6,10-11H2,1-2H3. The number of esters is 1. The number of halogens is 3. The summed E-state index contributed by atoms with van der Waals surface area (Å²) in [6.07, 6.45) is -2.25. The van der Waals surface area contributed by atoms with Crippen LogP contribution in [0, 0.1) is 11.3 Å². The molecule has 2 aliphatic rings. The molecule has 33 heavy (non-hydrogen) atoms. The van der Waals surface area contributed by atoms with Crippen LogP contribution in [0.3, 0.4) is 0 Å². The average Bonchev–Trinajstić information content (AvgIpc) is 3.03. The zero-order valence-corrected chi connectivity index (χ0v) is 18.2. The molecule has 3 heterocycles. The van der Waals surface area contributed by atoms with Gasteiger partial charge in [0.1, 0.15) is 23.5 Å². The molecule has 2 unspecified atom stereocenters. The summed E-state index contributed by atoms with van der Waals surface area (Å²) in [6, 6.07) is 8.48. The molecule has 2 aromatic rings. The number of nitriles is 1. The first-order valence-electron chi connectivity index (χ1n) is 10.8. The monoisotopic (exact) mass is 460 g/mol. The average molecular weight is 460 g/mol. The number of rotatable bonds is 5. The van der Waals surface area contributed by atoms with Crippen molar-refractivity contribution < 1.29 is 27.4 Å². The van der Waals surface area contributed by atoms with Gasteiger partial charge in [-0.15, -0.1) is 10.2 Å². The van der Waals surface area contributed by atoms with Gasteiger partial charge in [-0.05, 0) is 57.0 Å². The van der Waals surface area contributed by atoms with Crippen molar-refractivity contribution in [2.75, 3.05) is 4.90 Å². The van der Waals surface area contributed by atoms with Crippen LogP contribution in [0.2, 0.25) is 0 Å². The predicted octanol–water partition coefficient (Wildman–Crippen LogP) is 4.51. The number of nitrogens with zero attached hydrogens (tertiary/aromatic N) is 4. The highest BCUT2D eigenvalue weighted by Gasteiger charge is 2.43. The van der Waals surface area contributed by atoms with Crippen LogP contribution in [0.25, 0.3) is 0 Å². The summed E-state index contributed by atoms with van der Waals surface area (Å²) in [4.78, 5) is 14.7. The van der Waals surface area contributed by atoms with E-state index in [2.05, 4.69) is 15.1 Å². The number of hydrogen-bond acceptors (Lipinski definition) is 7. The van der Waals surface area contributed by atoms with E-state index < -0.39 is 23.8 Å². The van der Waals surface area contributed by atoms with E-state index in [9.17, 15) is 18.0 Å². The van der Waals surface area contributed by atoms with E-state index in [-0.39, 0.29) is 35.2 Å². The molecule has 0 spiro atoms. The van der Waals surface area contributed by atoms with Crippen LogP contribution in [0.1, 0.15) is 61.1 Å². The van der Waals surface area contributed by atoms with Crippen LogP contribution in [0.5, 0.6) is 5.75 Å². The molecular weight excluding hydrogens is 437 g/mol. The van der Waals surface area contributed by atoms with Gasteiger partial charge in [0.2, 0.25) is 0 Å². The van der Waals surface area contributed by atoms with Gasteiger partial charge in [-0.1, -0.05) is 0 Å². The number of fused-ring (bicyclic) bond motifs is 2. The van der Waals surface area contributed by atoms with E-state index in [1.54, 1.807) is 26.0 Å². The normalized spacial score (nSPS) is 22.2. The van der Waals surface area contributed by atoms with Gasteiger partial charge >= 0.3 is 12.1 Å². The molecule has 0 aliphatic carbocycles. The molecule has 0 N–H and O–H groups in total. The molecule has 174 valence electrons. The highest BCUT2D eigenvalue weighted by Crippen LogP contribution is 2.40. The van der Waals surface area contributed by atoms with E-state index in [4.69, 9.17) is 14.7 Å². The number of alkyl halides is 3. The summed E-state index contributed by atoms with van der Waals surface area (Å²) in [5, 5.41) is 17.0. The molecule has 0 amide bonds. The van der Waals surface area contributed by atoms with Gasteiger partial charge in [0.25, 0.3) is 0 Å². The minimum atomic E-state index is -4.59. The molecule has 1 aromatic carbocycles. The van der Waals surface area contributed by atoms with Gasteiger partial charge in [0, 0.05) is 24.9 Å². The van der Waals surface area contributed by atoms with Crippen molar-refractivity contribution in [2.24, 2.45) is 0 Å². The number of carbonyl (C=O) groups excluding carboxylic acids is 1. The number of ether oxygens (including phenoxy) is 2. The molecule has 2 bridgehead atoms. The van der Waals surface area contributed by atoms with Crippen LogP contribution < -0.4 is 9.64 Å². The summed E-state index contributed by atoms with van der Waals surface area (Å²) < 4.78 is 50.9. The van der Waals surface area contributed by atoms with Crippen molar-refractivity contribution in [3.05, 3.63) is 47.2 Å². The number of aromatic nitrogens is 2. The number of hydrogen-bond donors (Lipinski definition) is 0. The second-order valence-electron chi connectivity index (χ2n) is 8.55. The lowest BCUT2D eigenvalue weighted by molar-refractivity contribution is -0.137. The Morgan fingerprint density at radius 3 is 2.39 bits per heavy atom. The molecule has 2 fully saturated rings.